The molecule has 1 rings (SSSR count). The molecule has 1 aromatic carbocycles. The summed E-state index contributed by atoms with van der Waals surface area (Å²) in [5, 5.41) is 9.94. The second-order valence-electron chi connectivity index (χ2n) is 5.25. The van der Waals surface area contributed by atoms with E-state index in [0.717, 1.165) is 11.0 Å². The lowest BCUT2D eigenvalue weighted by atomic mass is 9.82. The number of aliphatic hydroxyl groups is 1. The second kappa shape index (κ2) is 5.21. The van der Waals surface area contributed by atoms with Crippen LogP contribution in [0, 0.1) is 0 Å². The predicted octanol–water partition coefficient (Wildman–Crippen LogP) is 0.956. The molecule has 17 heavy (non-hydrogen) atoms. The summed E-state index contributed by atoms with van der Waals surface area (Å²) in [5.74, 6) is 0. The summed E-state index contributed by atoms with van der Waals surface area (Å²) < 4.78 is 5.65. The van der Waals surface area contributed by atoms with Crippen molar-refractivity contribution in [3.8, 4) is 0 Å². The summed E-state index contributed by atoms with van der Waals surface area (Å²) in [4.78, 5) is 0. The highest BCUT2D eigenvalue weighted by Gasteiger charge is 2.35. The smallest absolute Gasteiger partial charge is 0.330 e. The minimum absolute atomic E-state index is 0.538. The third-order valence-corrected chi connectivity index (χ3v) is 3.18. The molecule has 0 aromatic heterocycles. The molecule has 1 radical (unpaired) electrons. The number of rotatable bonds is 5. The maximum absolute atomic E-state index is 9.94. The third kappa shape index (κ3) is 3.84. The van der Waals surface area contributed by atoms with Gasteiger partial charge in [-0.05, 0) is 33.3 Å². The Kier molecular flexibility index (Phi) is 4.36. The minimum Gasteiger partial charge on any atom is -0.427 e. The number of nitrogens with two attached hydrogens (primary N) is 1. The zero-order valence-electron chi connectivity index (χ0n) is 11.0. The molecule has 0 saturated heterocycles. The first-order valence-electron chi connectivity index (χ1n) is 5.79. The van der Waals surface area contributed by atoms with Crippen molar-refractivity contribution in [2.24, 2.45) is 5.73 Å². The summed E-state index contributed by atoms with van der Waals surface area (Å²) >= 11 is 0. The van der Waals surface area contributed by atoms with Crippen LogP contribution in [0.1, 0.15) is 33.3 Å². The van der Waals surface area contributed by atoms with E-state index in [2.05, 4.69) is 0 Å². The Balaban J connectivity index is 2.61. The van der Waals surface area contributed by atoms with Gasteiger partial charge in [-0.1, -0.05) is 29.7 Å². The molecular weight excluding hydrogens is 213 g/mol. The second-order valence-corrected chi connectivity index (χ2v) is 5.25. The largest absolute Gasteiger partial charge is 0.427 e. The summed E-state index contributed by atoms with van der Waals surface area (Å²) in [7, 11) is 1.66. The zero-order valence-corrected chi connectivity index (χ0v) is 11.0. The molecule has 0 heterocycles. The van der Waals surface area contributed by atoms with Crippen molar-refractivity contribution in [1.82, 2.24) is 0 Å². The first-order valence-corrected chi connectivity index (χ1v) is 5.79. The molecule has 3 nitrogen and oxygen atoms in total. The van der Waals surface area contributed by atoms with Gasteiger partial charge in [0.05, 0.1) is 11.2 Å². The summed E-state index contributed by atoms with van der Waals surface area (Å²) in [6, 6.07) is 7.82. The van der Waals surface area contributed by atoms with Crippen LogP contribution in [-0.2, 0) is 11.2 Å². The Labute approximate surface area is 104 Å². The van der Waals surface area contributed by atoms with E-state index in [9.17, 15) is 5.11 Å². The molecule has 0 fully saturated rings. The van der Waals surface area contributed by atoms with E-state index < -0.39 is 11.2 Å². The zero-order chi connectivity index (χ0) is 13.1. The van der Waals surface area contributed by atoms with E-state index in [4.69, 9.17) is 10.4 Å². The van der Waals surface area contributed by atoms with Gasteiger partial charge in [-0.3, -0.25) is 0 Å². The molecule has 0 aliphatic heterocycles. The Bertz CT molecular complexity index is 355. The molecule has 0 bridgehead atoms. The van der Waals surface area contributed by atoms with Gasteiger partial charge < -0.3 is 15.5 Å². The molecule has 0 unspecified atom stereocenters. The summed E-state index contributed by atoms with van der Waals surface area (Å²) in [6.45, 7) is 7.72. The lowest BCUT2D eigenvalue weighted by Gasteiger charge is -2.37. The molecule has 4 heteroatoms. The van der Waals surface area contributed by atoms with Crippen LogP contribution in [0.3, 0.4) is 0 Å². The fraction of sp³-hybridized carbons (Fsp3) is 0.538. The molecule has 3 N–H and O–H groups in total. The van der Waals surface area contributed by atoms with Crippen LogP contribution in [0.4, 0.5) is 0 Å². The Hall–Kier alpha value is -0.835. The van der Waals surface area contributed by atoms with Gasteiger partial charge in [0.25, 0.3) is 0 Å². The number of benzene rings is 1. The van der Waals surface area contributed by atoms with E-state index in [1.54, 1.807) is 21.3 Å². The molecule has 0 amide bonds. The van der Waals surface area contributed by atoms with Crippen molar-refractivity contribution >= 4 is 12.9 Å². The lowest BCUT2D eigenvalue weighted by Crippen LogP contribution is -2.49. The molecular formula is C13H21BNO2. The maximum atomic E-state index is 9.94. The van der Waals surface area contributed by atoms with Crippen LogP contribution in [0.25, 0.3) is 0 Å². The van der Waals surface area contributed by atoms with Crippen LogP contribution in [0.15, 0.2) is 24.3 Å². The Morgan fingerprint density at radius 3 is 2.12 bits per heavy atom. The van der Waals surface area contributed by atoms with Crippen molar-refractivity contribution in [3.05, 3.63) is 29.8 Å². The van der Waals surface area contributed by atoms with E-state index in [1.165, 1.54) is 0 Å². The molecule has 0 aliphatic rings. The highest BCUT2D eigenvalue weighted by atomic mass is 16.5. The average molecular weight is 234 g/mol. The molecule has 0 aliphatic carbocycles. The summed E-state index contributed by atoms with van der Waals surface area (Å²) in [5.41, 5.74) is 6.03. The van der Waals surface area contributed by atoms with Crippen molar-refractivity contribution in [3.63, 3.8) is 0 Å². The minimum atomic E-state index is -0.902. The highest BCUT2D eigenvalue weighted by Crippen LogP contribution is 2.24. The monoisotopic (exact) mass is 234 g/mol. The molecule has 0 spiro atoms. The average Bonchev–Trinajstić information content (AvgIpc) is 2.25. The van der Waals surface area contributed by atoms with Gasteiger partial charge in [-0.2, -0.15) is 0 Å². The van der Waals surface area contributed by atoms with Crippen molar-refractivity contribution in [2.45, 2.75) is 45.4 Å². The van der Waals surface area contributed by atoms with E-state index >= 15 is 0 Å². The molecule has 93 valence electrons. The quantitative estimate of drug-likeness (QED) is 0.746. The van der Waals surface area contributed by atoms with Gasteiger partial charge in [0, 0.05) is 6.54 Å². The van der Waals surface area contributed by atoms with Gasteiger partial charge in [-0.25, -0.2) is 0 Å². The maximum Gasteiger partial charge on any atom is 0.330 e. The first-order chi connectivity index (χ1) is 7.76. The van der Waals surface area contributed by atoms with Crippen LogP contribution >= 0.6 is 0 Å². The van der Waals surface area contributed by atoms with Crippen LogP contribution in [0.5, 0.6) is 0 Å². The van der Waals surface area contributed by atoms with Crippen LogP contribution in [0.2, 0.25) is 0 Å². The fourth-order valence-corrected chi connectivity index (χ4v) is 1.09. The standard InChI is InChI=1S/C13H21BNO2/c1-12(2,16)13(3,4)17-14-11-7-5-10(9-15)6-8-11/h5-8,16H,9,15H2,1-4H3. The predicted molar refractivity (Wildman–Crippen MR) is 71.2 cm³/mol. The van der Waals surface area contributed by atoms with Gasteiger partial charge in [0.15, 0.2) is 0 Å². The van der Waals surface area contributed by atoms with E-state index in [-0.39, 0.29) is 0 Å². The first kappa shape index (κ1) is 14.2. The molecule has 1 aromatic rings. The van der Waals surface area contributed by atoms with Crippen LogP contribution in [-0.4, -0.2) is 23.8 Å². The molecule has 0 atom stereocenters. The van der Waals surface area contributed by atoms with E-state index in [1.807, 2.05) is 38.1 Å². The molecule has 0 saturated carbocycles. The lowest BCUT2D eigenvalue weighted by molar-refractivity contribution is -0.0893. The Morgan fingerprint density at radius 1 is 1.18 bits per heavy atom. The fourth-order valence-electron chi connectivity index (χ4n) is 1.09. The Morgan fingerprint density at radius 2 is 1.71 bits per heavy atom. The van der Waals surface area contributed by atoms with Gasteiger partial charge in [0.1, 0.15) is 0 Å². The van der Waals surface area contributed by atoms with Gasteiger partial charge >= 0.3 is 7.48 Å². The topological polar surface area (TPSA) is 55.5 Å². The summed E-state index contributed by atoms with van der Waals surface area (Å²) in [6.07, 6.45) is 0. The SMILES string of the molecule is CC(C)(O)C(C)(C)O[B]c1ccc(CN)cc1. The van der Waals surface area contributed by atoms with Gasteiger partial charge in [-0.15, -0.1) is 0 Å². The number of hydrogen-bond acceptors (Lipinski definition) is 3. The van der Waals surface area contributed by atoms with Crippen molar-refractivity contribution < 1.29 is 9.76 Å². The van der Waals surface area contributed by atoms with Crippen molar-refractivity contribution in [1.29, 1.82) is 0 Å². The van der Waals surface area contributed by atoms with Crippen LogP contribution < -0.4 is 11.2 Å². The van der Waals surface area contributed by atoms with E-state index in [0.29, 0.717) is 6.54 Å². The third-order valence-electron chi connectivity index (χ3n) is 3.18. The highest BCUT2D eigenvalue weighted by molar-refractivity contribution is 6.47. The normalized spacial score (nSPS) is 12.6. The van der Waals surface area contributed by atoms with Crippen molar-refractivity contribution in [2.75, 3.05) is 0 Å². The number of hydrogen-bond donors (Lipinski definition) is 2. The van der Waals surface area contributed by atoms with Gasteiger partial charge in [0.2, 0.25) is 0 Å².